The van der Waals surface area contributed by atoms with Crippen molar-refractivity contribution >= 4 is 6.29 Å². The van der Waals surface area contributed by atoms with Gasteiger partial charge < -0.3 is 4.79 Å². The van der Waals surface area contributed by atoms with Gasteiger partial charge in [-0.1, -0.05) is 0 Å². The van der Waals surface area contributed by atoms with Gasteiger partial charge in [-0.3, -0.25) is 4.98 Å². The summed E-state index contributed by atoms with van der Waals surface area (Å²) >= 11 is 0. The molecule has 1 aromatic heterocycles. The number of hydrogen-bond donors (Lipinski definition) is 0. The predicted molar refractivity (Wildman–Crippen MR) is 45.9 cm³/mol. The molecule has 13 heavy (non-hydrogen) atoms. The zero-order valence-electron chi connectivity index (χ0n) is 7.38. The Kier molecular flexibility index (Phi) is 1.87. The summed E-state index contributed by atoms with van der Waals surface area (Å²) in [6.07, 6.45) is 3.48. The second kappa shape index (κ2) is 2.91. The maximum Gasteiger partial charge on any atom is 0.144 e. The lowest BCUT2D eigenvalue weighted by Crippen LogP contribution is -1.99. The second-order valence-electron chi connectivity index (χ2n) is 3.46. The highest BCUT2D eigenvalue weighted by Crippen LogP contribution is 2.27. The van der Waals surface area contributed by atoms with Gasteiger partial charge in [-0.15, -0.1) is 0 Å². The third-order valence-corrected chi connectivity index (χ3v) is 2.61. The third-order valence-electron chi connectivity index (χ3n) is 2.61. The van der Waals surface area contributed by atoms with Crippen LogP contribution in [0.5, 0.6) is 0 Å². The van der Waals surface area contributed by atoms with Gasteiger partial charge in [0.15, 0.2) is 0 Å². The van der Waals surface area contributed by atoms with Crippen molar-refractivity contribution in [3.63, 3.8) is 0 Å². The summed E-state index contributed by atoms with van der Waals surface area (Å²) in [6.45, 7) is 1.74. The Morgan fingerprint density at radius 3 is 3.08 bits per heavy atom. The monoisotopic (exact) mass is 179 g/mol. The number of hydrogen-bond acceptors (Lipinski definition) is 2. The average Bonchev–Trinajstić information content (AvgIpc) is 2.55. The van der Waals surface area contributed by atoms with Crippen LogP contribution in [0.25, 0.3) is 0 Å². The second-order valence-corrected chi connectivity index (χ2v) is 3.46. The molecule has 0 saturated carbocycles. The van der Waals surface area contributed by atoms with E-state index in [2.05, 4.69) is 4.98 Å². The van der Waals surface area contributed by atoms with E-state index in [0.29, 0.717) is 18.4 Å². The van der Waals surface area contributed by atoms with Gasteiger partial charge in [0.1, 0.15) is 12.1 Å². The molecule has 0 bridgehead atoms. The molecule has 0 saturated heterocycles. The van der Waals surface area contributed by atoms with E-state index in [1.807, 2.05) is 0 Å². The molecule has 2 rings (SSSR count). The molecule has 68 valence electrons. The highest BCUT2D eigenvalue weighted by Gasteiger charge is 2.24. The Morgan fingerprint density at radius 2 is 2.38 bits per heavy atom. The molecular weight excluding hydrogens is 169 g/mol. The summed E-state index contributed by atoms with van der Waals surface area (Å²) in [5.41, 5.74) is 2.46. The lowest BCUT2D eigenvalue weighted by Gasteiger charge is -2.02. The molecule has 1 aliphatic carbocycles. The van der Waals surface area contributed by atoms with Crippen LogP contribution in [0.3, 0.4) is 0 Å². The molecule has 1 aliphatic rings. The van der Waals surface area contributed by atoms with E-state index in [9.17, 15) is 9.18 Å². The fourth-order valence-electron chi connectivity index (χ4n) is 1.80. The number of rotatable bonds is 1. The van der Waals surface area contributed by atoms with Crippen molar-refractivity contribution in [2.24, 2.45) is 5.92 Å². The first-order valence-electron chi connectivity index (χ1n) is 4.30. The fourth-order valence-corrected chi connectivity index (χ4v) is 1.80. The zero-order valence-corrected chi connectivity index (χ0v) is 7.38. The Bertz CT molecular complexity index is 362. The standard InChI is InChI=1S/C10H10FNO/c1-6-8-2-7(5-13)3-10(8)12-4-9(6)11/h4-5,7H,2-3H2,1H3. The molecular formula is C10H10FNO. The number of pyridine rings is 1. The van der Waals surface area contributed by atoms with Crippen molar-refractivity contribution in [1.82, 2.24) is 4.98 Å². The topological polar surface area (TPSA) is 30.0 Å². The molecule has 1 heterocycles. The summed E-state index contributed by atoms with van der Waals surface area (Å²) in [7, 11) is 0. The van der Waals surface area contributed by atoms with Crippen LogP contribution >= 0.6 is 0 Å². The lowest BCUT2D eigenvalue weighted by atomic mass is 10.1. The zero-order chi connectivity index (χ0) is 9.42. The maximum absolute atomic E-state index is 13.1. The average molecular weight is 179 g/mol. The van der Waals surface area contributed by atoms with Crippen molar-refractivity contribution in [1.29, 1.82) is 0 Å². The van der Waals surface area contributed by atoms with Crippen LogP contribution in [-0.2, 0) is 17.6 Å². The molecule has 0 aromatic carbocycles. The number of nitrogens with zero attached hydrogens (tertiary/aromatic N) is 1. The Labute approximate surface area is 75.8 Å². The fraction of sp³-hybridized carbons (Fsp3) is 0.400. The van der Waals surface area contributed by atoms with Gasteiger partial charge in [-0.05, 0) is 30.9 Å². The van der Waals surface area contributed by atoms with E-state index in [0.717, 1.165) is 17.5 Å². The van der Waals surface area contributed by atoms with E-state index >= 15 is 0 Å². The highest BCUT2D eigenvalue weighted by atomic mass is 19.1. The molecule has 0 aliphatic heterocycles. The molecule has 1 atom stereocenters. The number of carbonyl (C=O) groups excluding carboxylic acids is 1. The minimum atomic E-state index is -0.273. The van der Waals surface area contributed by atoms with Gasteiger partial charge in [0.05, 0.1) is 6.20 Å². The SMILES string of the molecule is Cc1c(F)cnc2c1CC(C=O)C2. The first-order valence-corrected chi connectivity index (χ1v) is 4.30. The summed E-state index contributed by atoms with van der Waals surface area (Å²) in [5.74, 6) is -0.270. The Hall–Kier alpha value is -1.25. The minimum absolute atomic E-state index is 0.00278. The summed E-state index contributed by atoms with van der Waals surface area (Å²) in [5, 5.41) is 0. The molecule has 1 aromatic rings. The Balaban J connectivity index is 2.46. The summed E-state index contributed by atoms with van der Waals surface area (Å²) in [6, 6.07) is 0. The number of aromatic nitrogens is 1. The smallest absolute Gasteiger partial charge is 0.144 e. The van der Waals surface area contributed by atoms with Crippen LogP contribution < -0.4 is 0 Å². The maximum atomic E-state index is 13.1. The van der Waals surface area contributed by atoms with E-state index in [4.69, 9.17) is 0 Å². The quantitative estimate of drug-likeness (QED) is 0.610. The number of aldehydes is 1. The normalized spacial score (nSPS) is 20.0. The van der Waals surface area contributed by atoms with Crippen LogP contribution in [0, 0.1) is 18.7 Å². The van der Waals surface area contributed by atoms with Crippen LogP contribution in [0.4, 0.5) is 4.39 Å². The van der Waals surface area contributed by atoms with Crippen molar-refractivity contribution in [2.75, 3.05) is 0 Å². The van der Waals surface area contributed by atoms with E-state index in [1.165, 1.54) is 6.20 Å². The number of carbonyl (C=O) groups is 1. The van der Waals surface area contributed by atoms with Gasteiger partial charge in [0.25, 0.3) is 0 Å². The van der Waals surface area contributed by atoms with Crippen LogP contribution in [0.1, 0.15) is 16.8 Å². The molecule has 0 fully saturated rings. The number of fused-ring (bicyclic) bond motifs is 1. The van der Waals surface area contributed by atoms with Crippen molar-refractivity contribution in [3.05, 3.63) is 28.8 Å². The van der Waals surface area contributed by atoms with Crippen molar-refractivity contribution < 1.29 is 9.18 Å². The molecule has 0 N–H and O–H groups in total. The van der Waals surface area contributed by atoms with Gasteiger partial charge in [0, 0.05) is 11.6 Å². The molecule has 3 heteroatoms. The third kappa shape index (κ3) is 1.24. The van der Waals surface area contributed by atoms with Crippen molar-refractivity contribution in [3.8, 4) is 0 Å². The summed E-state index contributed by atoms with van der Waals surface area (Å²) < 4.78 is 13.1. The first kappa shape index (κ1) is 8.35. The minimum Gasteiger partial charge on any atom is -0.303 e. The highest BCUT2D eigenvalue weighted by molar-refractivity contribution is 5.58. The van der Waals surface area contributed by atoms with E-state index in [1.54, 1.807) is 6.92 Å². The molecule has 0 radical (unpaired) electrons. The molecule has 2 nitrogen and oxygen atoms in total. The predicted octanol–water partition coefficient (Wildman–Crippen LogP) is 1.44. The van der Waals surface area contributed by atoms with Gasteiger partial charge in [-0.2, -0.15) is 0 Å². The van der Waals surface area contributed by atoms with E-state index < -0.39 is 0 Å². The molecule has 1 unspecified atom stereocenters. The van der Waals surface area contributed by atoms with Gasteiger partial charge in [0.2, 0.25) is 0 Å². The van der Waals surface area contributed by atoms with Gasteiger partial charge >= 0.3 is 0 Å². The van der Waals surface area contributed by atoms with Crippen LogP contribution in [0.15, 0.2) is 6.20 Å². The lowest BCUT2D eigenvalue weighted by molar-refractivity contribution is -0.110. The Morgan fingerprint density at radius 1 is 1.62 bits per heavy atom. The number of halogens is 1. The van der Waals surface area contributed by atoms with E-state index in [-0.39, 0.29) is 11.7 Å². The first-order chi connectivity index (χ1) is 6.22. The summed E-state index contributed by atoms with van der Waals surface area (Å²) in [4.78, 5) is 14.5. The largest absolute Gasteiger partial charge is 0.303 e. The molecule has 0 spiro atoms. The van der Waals surface area contributed by atoms with Crippen molar-refractivity contribution in [2.45, 2.75) is 19.8 Å². The van der Waals surface area contributed by atoms with Crippen LogP contribution in [0.2, 0.25) is 0 Å². The van der Waals surface area contributed by atoms with Crippen LogP contribution in [-0.4, -0.2) is 11.3 Å². The van der Waals surface area contributed by atoms with Gasteiger partial charge in [-0.25, -0.2) is 4.39 Å². The molecule has 0 amide bonds.